The van der Waals surface area contributed by atoms with Gasteiger partial charge in [-0.3, -0.25) is 4.79 Å². The summed E-state index contributed by atoms with van der Waals surface area (Å²) in [5.74, 6) is 1.41. The summed E-state index contributed by atoms with van der Waals surface area (Å²) in [5.41, 5.74) is 0. The van der Waals surface area contributed by atoms with Crippen LogP contribution in [0.15, 0.2) is 11.2 Å². The molecule has 0 spiro atoms. The lowest BCUT2D eigenvalue weighted by atomic mass is 10.4. The molecule has 118 valence electrons. The second kappa shape index (κ2) is 9.41. The summed E-state index contributed by atoms with van der Waals surface area (Å²) >= 11 is 1.47. The molecule has 0 aliphatic heterocycles. The first-order valence-electron chi connectivity index (χ1n) is 6.74. The fourth-order valence-electron chi connectivity index (χ4n) is 1.62. The van der Waals surface area contributed by atoms with Gasteiger partial charge in [0.05, 0.1) is 13.2 Å². The van der Waals surface area contributed by atoms with Gasteiger partial charge in [0.1, 0.15) is 11.6 Å². The van der Waals surface area contributed by atoms with Crippen LogP contribution in [0.25, 0.3) is 0 Å². The van der Waals surface area contributed by atoms with E-state index >= 15 is 0 Å². The number of rotatable bonds is 9. The summed E-state index contributed by atoms with van der Waals surface area (Å²) in [4.78, 5) is 22.4. The number of methoxy groups -OCH3 is 1. The van der Waals surface area contributed by atoms with Crippen LogP contribution in [0.2, 0.25) is 0 Å². The minimum atomic E-state index is -0.0659. The van der Waals surface area contributed by atoms with Gasteiger partial charge >= 0.3 is 0 Å². The Morgan fingerprint density at radius 1 is 1.48 bits per heavy atom. The second-order valence-corrected chi connectivity index (χ2v) is 5.10. The number of nitrogens with one attached hydrogen (secondary N) is 2. The van der Waals surface area contributed by atoms with E-state index in [0.717, 1.165) is 12.4 Å². The number of amides is 1. The number of likely N-dealkylation sites (N-methyl/N-ethyl adjacent to an activating group) is 1. The summed E-state index contributed by atoms with van der Waals surface area (Å²) in [6.45, 7) is 4.04. The number of hydrogen-bond donors (Lipinski definition) is 2. The van der Waals surface area contributed by atoms with E-state index in [1.165, 1.54) is 11.8 Å². The van der Waals surface area contributed by atoms with Gasteiger partial charge in [0.25, 0.3) is 0 Å². The van der Waals surface area contributed by atoms with Crippen LogP contribution in [0.1, 0.15) is 6.92 Å². The zero-order valence-electron chi connectivity index (χ0n) is 13.0. The zero-order chi connectivity index (χ0) is 15.7. The van der Waals surface area contributed by atoms with Crippen molar-refractivity contribution in [1.29, 1.82) is 0 Å². The Hall–Kier alpha value is -1.54. The number of anilines is 2. The molecule has 2 N–H and O–H groups in total. The molecular formula is C13H23N5O2S. The van der Waals surface area contributed by atoms with Crippen LogP contribution < -0.4 is 15.5 Å². The normalized spacial score (nSPS) is 10.3. The first-order chi connectivity index (χ1) is 10.1. The Balaban J connectivity index is 2.69. The van der Waals surface area contributed by atoms with Crippen LogP contribution in [-0.2, 0) is 9.53 Å². The number of carbonyl (C=O) groups is 1. The monoisotopic (exact) mass is 313 g/mol. The van der Waals surface area contributed by atoms with Gasteiger partial charge < -0.3 is 20.3 Å². The van der Waals surface area contributed by atoms with Crippen molar-refractivity contribution in [1.82, 2.24) is 15.3 Å². The van der Waals surface area contributed by atoms with E-state index in [4.69, 9.17) is 4.74 Å². The number of carbonyl (C=O) groups excluding carboxylic acids is 1. The van der Waals surface area contributed by atoms with Crippen molar-refractivity contribution in [2.45, 2.75) is 12.1 Å². The lowest BCUT2D eigenvalue weighted by Gasteiger charge is -2.19. The standard InChI is InChI=1S/C13H23N5O2S/c1-5-14-10-8-11(17-13(16-10)21-4)18(2)9-12(19)15-6-7-20-3/h8H,5-7,9H2,1-4H3,(H,15,19)(H,14,16,17). The highest BCUT2D eigenvalue weighted by Crippen LogP contribution is 2.19. The lowest BCUT2D eigenvalue weighted by Crippen LogP contribution is -2.37. The van der Waals surface area contributed by atoms with E-state index in [1.54, 1.807) is 12.0 Å². The molecule has 0 bridgehead atoms. The van der Waals surface area contributed by atoms with Crippen molar-refractivity contribution in [2.24, 2.45) is 0 Å². The molecule has 0 aliphatic carbocycles. The molecule has 0 saturated carbocycles. The lowest BCUT2D eigenvalue weighted by molar-refractivity contribution is -0.119. The molecule has 0 saturated heterocycles. The van der Waals surface area contributed by atoms with Gasteiger partial charge in [-0.05, 0) is 13.2 Å². The molecule has 1 amide bonds. The molecule has 0 fully saturated rings. The van der Waals surface area contributed by atoms with Crippen LogP contribution in [0.4, 0.5) is 11.6 Å². The maximum Gasteiger partial charge on any atom is 0.239 e. The summed E-state index contributed by atoms with van der Waals surface area (Å²) < 4.78 is 4.89. The van der Waals surface area contributed by atoms with Gasteiger partial charge in [0, 0.05) is 33.3 Å². The van der Waals surface area contributed by atoms with Gasteiger partial charge in [0.15, 0.2) is 5.16 Å². The molecule has 21 heavy (non-hydrogen) atoms. The quantitative estimate of drug-likeness (QED) is 0.397. The van der Waals surface area contributed by atoms with E-state index in [2.05, 4.69) is 20.6 Å². The van der Waals surface area contributed by atoms with E-state index in [1.807, 2.05) is 26.3 Å². The Morgan fingerprint density at radius 2 is 2.24 bits per heavy atom. The Bertz CT molecular complexity index is 458. The van der Waals surface area contributed by atoms with Gasteiger partial charge in [-0.25, -0.2) is 9.97 Å². The largest absolute Gasteiger partial charge is 0.383 e. The highest BCUT2D eigenvalue weighted by molar-refractivity contribution is 7.98. The van der Waals surface area contributed by atoms with Gasteiger partial charge in [0.2, 0.25) is 5.91 Å². The molecule has 0 aromatic carbocycles. The highest BCUT2D eigenvalue weighted by atomic mass is 32.2. The zero-order valence-corrected chi connectivity index (χ0v) is 13.8. The minimum absolute atomic E-state index is 0.0659. The van der Waals surface area contributed by atoms with Gasteiger partial charge in [-0.2, -0.15) is 0 Å². The predicted molar refractivity (Wildman–Crippen MR) is 86.1 cm³/mol. The minimum Gasteiger partial charge on any atom is -0.383 e. The van der Waals surface area contributed by atoms with E-state index in [9.17, 15) is 4.79 Å². The fraction of sp³-hybridized carbons (Fsp3) is 0.615. The molecule has 8 heteroatoms. The van der Waals surface area contributed by atoms with Gasteiger partial charge in [-0.1, -0.05) is 11.8 Å². The van der Waals surface area contributed by atoms with Crippen LogP contribution in [0.3, 0.4) is 0 Å². The third kappa shape index (κ3) is 6.17. The van der Waals surface area contributed by atoms with Crippen molar-refractivity contribution in [3.63, 3.8) is 0 Å². The first-order valence-corrected chi connectivity index (χ1v) is 7.96. The third-order valence-electron chi connectivity index (χ3n) is 2.63. The summed E-state index contributed by atoms with van der Waals surface area (Å²) in [6.07, 6.45) is 1.92. The number of hydrogen-bond acceptors (Lipinski definition) is 7. The van der Waals surface area contributed by atoms with Crippen LogP contribution in [0.5, 0.6) is 0 Å². The predicted octanol–water partition coefficient (Wildman–Crippen LogP) is 0.829. The molecule has 0 radical (unpaired) electrons. The van der Waals surface area contributed by atoms with E-state index in [0.29, 0.717) is 24.1 Å². The number of nitrogens with zero attached hydrogens (tertiary/aromatic N) is 3. The average molecular weight is 313 g/mol. The molecule has 7 nitrogen and oxygen atoms in total. The summed E-state index contributed by atoms with van der Waals surface area (Å²) in [6, 6.07) is 1.84. The first kappa shape index (κ1) is 17.5. The Morgan fingerprint density at radius 3 is 2.86 bits per heavy atom. The van der Waals surface area contributed by atoms with E-state index in [-0.39, 0.29) is 12.5 Å². The van der Waals surface area contributed by atoms with Gasteiger partial charge in [-0.15, -0.1) is 0 Å². The number of thioether (sulfide) groups is 1. The Kier molecular flexibility index (Phi) is 7.84. The molecule has 1 rings (SSSR count). The molecule has 0 aliphatic rings. The fourth-order valence-corrected chi connectivity index (χ4v) is 1.99. The molecule has 0 atom stereocenters. The van der Waals surface area contributed by atoms with Crippen LogP contribution in [-0.4, -0.2) is 62.5 Å². The van der Waals surface area contributed by atoms with Crippen LogP contribution >= 0.6 is 11.8 Å². The molecule has 1 aromatic heterocycles. The number of ether oxygens (including phenoxy) is 1. The van der Waals surface area contributed by atoms with Crippen molar-refractivity contribution in [2.75, 3.05) is 56.9 Å². The highest BCUT2D eigenvalue weighted by Gasteiger charge is 2.11. The number of aromatic nitrogens is 2. The molecule has 1 aromatic rings. The Labute approximate surface area is 129 Å². The third-order valence-corrected chi connectivity index (χ3v) is 3.18. The maximum absolute atomic E-state index is 11.8. The van der Waals surface area contributed by atoms with Crippen molar-refractivity contribution in [3.8, 4) is 0 Å². The smallest absolute Gasteiger partial charge is 0.239 e. The summed E-state index contributed by atoms with van der Waals surface area (Å²) in [7, 11) is 3.43. The maximum atomic E-state index is 11.8. The molecular weight excluding hydrogens is 290 g/mol. The van der Waals surface area contributed by atoms with Crippen molar-refractivity contribution in [3.05, 3.63) is 6.07 Å². The van der Waals surface area contributed by atoms with Crippen molar-refractivity contribution < 1.29 is 9.53 Å². The molecule has 0 unspecified atom stereocenters. The van der Waals surface area contributed by atoms with Crippen molar-refractivity contribution >= 4 is 29.3 Å². The van der Waals surface area contributed by atoms with E-state index < -0.39 is 0 Å². The SMILES string of the molecule is CCNc1cc(N(C)CC(=O)NCCOC)nc(SC)n1. The van der Waals surface area contributed by atoms with Crippen LogP contribution in [0, 0.1) is 0 Å². The molecule has 1 heterocycles. The average Bonchev–Trinajstić information content (AvgIpc) is 2.47. The second-order valence-electron chi connectivity index (χ2n) is 4.33. The summed E-state index contributed by atoms with van der Waals surface area (Å²) in [5, 5.41) is 6.62. The topological polar surface area (TPSA) is 79.4 Å².